The molecule has 2 rings (SSSR count). The predicted molar refractivity (Wildman–Crippen MR) is 101 cm³/mol. The summed E-state index contributed by atoms with van der Waals surface area (Å²) >= 11 is 3.13. The highest BCUT2D eigenvalue weighted by Gasteiger charge is 2.24. The van der Waals surface area contributed by atoms with E-state index in [1.165, 1.54) is 13.0 Å². The first-order valence-electron chi connectivity index (χ1n) is 7.13. The van der Waals surface area contributed by atoms with Gasteiger partial charge in [-0.05, 0) is 67.1 Å². The van der Waals surface area contributed by atoms with Crippen LogP contribution in [0.5, 0.6) is 0 Å². The molecule has 0 saturated heterocycles. The molecule has 2 aromatic rings. The predicted octanol–water partition coefficient (Wildman–Crippen LogP) is 4.43. The maximum atomic E-state index is 14.1. The Labute approximate surface area is 156 Å². The number of thiophene rings is 1. The standard InChI is InChI=1S/C16H16FIN2O3S/c1-4-23-20-15(22)13-8(2)14(9(3)21)24-16(13)19-12-6-5-10(18)7-11(12)17/h5-7,19H,4H2,1-3H3,(H,20,22). The maximum absolute atomic E-state index is 14.1. The Bertz CT molecular complexity index is 792. The van der Waals surface area contributed by atoms with Gasteiger partial charge in [0.25, 0.3) is 5.91 Å². The number of carbonyl (C=O) groups excluding carboxylic acids is 2. The minimum atomic E-state index is -0.480. The SMILES string of the molecule is CCONC(=O)c1c(Nc2ccc(I)cc2F)sc(C(C)=O)c1C. The van der Waals surface area contributed by atoms with Gasteiger partial charge in [0.1, 0.15) is 10.8 Å². The molecular weight excluding hydrogens is 446 g/mol. The fourth-order valence-electron chi connectivity index (χ4n) is 2.11. The van der Waals surface area contributed by atoms with Crippen LogP contribution in [0.1, 0.15) is 39.4 Å². The molecule has 1 amide bonds. The van der Waals surface area contributed by atoms with E-state index in [4.69, 9.17) is 4.84 Å². The smallest absolute Gasteiger partial charge is 0.278 e. The Balaban J connectivity index is 2.45. The van der Waals surface area contributed by atoms with E-state index in [1.54, 1.807) is 26.0 Å². The Morgan fingerprint density at radius 3 is 2.67 bits per heavy atom. The van der Waals surface area contributed by atoms with Crippen LogP contribution >= 0.6 is 33.9 Å². The summed E-state index contributed by atoms with van der Waals surface area (Å²) in [6, 6.07) is 4.72. The monoisotopic (exact) mass is 462 g/mol. The minimum Gasteiger partial charge on any atom is -0.344 e. The van der Waals surface area contributed by atoms with E-state index in [2.05, 4.69) is 10.8 Å². The number of halogens is 2. The third-order valence-electron chi connectivity index (χ3n) is 3.18. The van der Waals surface area contributed by atoms with E-state index < -0.39 is 11.7 Å². The fraction of sp³-hybridized carbons (Fsp3) is 0.250. The van der Waals surface area contributed by atoms with Crippen LogP contribution in [-0.2, 0) is 4.84 Å². The van der Waals surface area contributed by atoms with Crippen molar-refractivity contribution in [2.75, 3.05) is 11.9 Å². The van der Waals surface area contributed by atoms with E-state index >= 15 is 0 Å². The molecule has 0 bridgehead atoms. The Morgan fingerprint density at radius 2 is 2.08 bits per heavy atom. The average molecular weight is 462 g/mol. The molecule has 8 heteroatoms. The number of hydroxylamine groups is 1. The number of hydrogen-bond donors (Lipinski definition) is 2. The lowest BCUT2D eigenvalue weighted by atomic mass is 10.1. The van der Waals surface area contributed by atoms with Crippen molar-refractivity contribution >= 4 is 56.3 Å². The van der Waals surface area contributed by atoms with E-state index in [-0.39, 0.29) is 17.0 Å². The van der Waals surface area contributed by atoms with Gasteiger partial charge >= 0.3 is 0 Å². The van der Waals surface area contributed by atoms with E-state index in [0.717, 1.165) is 14.9 Å². The Kier molecular flexibility index (Phi) is 6.30. The zero-order valence-electron chi connectivity index (χ0n) is 13.3. The van der Waals surface area contributed by atoms with Crippen LogP contribution in [-0.4, -0.2) is 18.3 Å². The van der Waals surface area contributed by atoms with Crippen LogP contribution in [0.25, 0.3) is 0 Å². The lowest BCUT2D eigenvalue weighted by molar-refractivity contribution is 0.0365. The summed E-state index contributed by atoms with van der Waals surface area (Å²) in [6.07, 6.45) is 0. The third kappa shape index (κ3) is 4.11. The van der Waals surface area contributed by atoms with Gasteiger partial charge in [-0.3, -0.25) is 14.4 Å². The Hall–Kier alpha value is -1.52. The first-order chi connectivity index (χ1) is 11.3. The summed E-state index contributed by atoms with van der Waals surface area (Å²) in [5.41, 5.74) is 3.36. The van der Waals surface area contributed by atoms with Crippen molar-refractivity contribution in [3.8, 4) is 0 Å². The van der Waals surface area contributed by atoms with Crippen LogP contribution < -0.4 is 10.8 Å². The van der Waals surface area contributed by atoms with Gasteiger partial charge in [-0.25, -0.2) is 9.87 Å². The van der Waals surface area contributed by atoms with Crippen molar-refractivity contribution in [3.05, 3.63) is 43.6 Å². The first-order valence-corrected chi connectivity index (χ1v) is 9.03. The molecule has 0 fully saturated rings. The van der Waals surface area contributed by atoms with Crippen molar-refractivity contribution in [2.45, 2.75) is 20.8 Å². The molecule has 128 valence electrons. The molecule has 0 aliphatic heterocycles. The number of carbonyl (C=O) groups is 2. The lowest BCUT2D eigenvalue weighted by Gasteiger charge is -2.09. The van der Waals surface area contributed by atoms with E-state index in [9.17, 15) is 14.0 Å². The number of ketones is 1. The molecule has 0 aliphatic carbocycles. The number of benzene rings is 1. The average Bonchev–Trinajstić information content (AvgIpc) is 2.84. The number of rotatable bonds is 6. The molecule has 1 aromatic heterocycles. The van der Waals surface area contributed by atoms with Gasteiger partial charge in [0.05, 0.1) is 22.7 Å². The molecule has 0 radical (unpaired) electrons. The summed E-state index contributed by atoms with van der Waals surface area (Å²) < 4.78 is 14.8. The maximum Gasteiger partial charge on any atom is 0.278 e. The summed E-state index contributed by atoms with van der Waals surface area (Å²) in [4.78, 5) is 29.5. The van der Waals surface area contributed by atoms with Gasteiger partial charge in [-0.1, -0.05) is 0 Å². The zero-order chi connectivity index (χ0) is 17.9. The summed E-state index contributed by atoms with van der Waals surface area (Å²) in [5, 5.41) is 3.31. The van der Waals surface area contributed by atoms with Crippen LogP contribution in [0.2, 0.25) is 0 Å². The van der Waals surface area contributed by atoms with Crippen LogP contribution in [0.15, 0.2) is 18.2 Å². The van der Waals surface area contributed by atoms with Crippen LogP contribution in [0, 0.1) is 16.3 Å². The highest BCUT2D eigenvalue weighted by Crippen LogP contribution is 2.36. The number of amides is 1. The van der Waals surface area contributed by atoms with Gasteiger partial charge in [-0.2, -0.15) is 0 Å². The van der Waals surface area contributed by atoms with Crippen molar-refractivity contribution in [1.29, 1.82) is 0 Å². The van der Waals surface area contributed by atoms with Crippen LogP contribution in [0.4, 0.5) is 15.1 Å². The second kappa shape index (κ2) is 8.04. The Morgan fingerprint density at radius 1 is 1.38 bits per heavy atom. The molecule has 5 nitrogen and oxygen atoms in total. The molecule has 1 heterocycles. The minimum absolute atomic E-state index is 0.154. The summed E-state index contributed by atoms with van der Waals surface area (Å²) in [5.74, 6) is -1.07. The molecular formula is C16H16FIN2O3S. The quantitative estimate of drug-likeness (QED) is 0.379. The molecule has 24 heavy (non-hydrogen) atoms. The second-order valence-corrected chi connectivity index (χ2v) is 7.20. The number of anilines is 2. The van der Waals surface area contributed by atoms with Gasteiger partial charge in [-0.15, -0.1) is 11.3 Å². The normalized spacial score (nSPS) is 10.5. The molecule has 2 N–H and O–H groups in total. The number of nitrogens with one attached hydrogen (secondary N) is 2. The largest absolute Gasteiger partial charge is 0.344 e. The molecule has 0 spiro atoms. The topological polar surface area (TPSA) is 67.4 Å². The van der Waals surface area contributed by atoms with Crippen molar-refractivity contribution < 1.29 is 18.8 Å². The first kappa shape index (κ1) is 18.8. The van der Waals surface area contributed by atoms with E-state index in [1.807, 2.05) is 22.6 Å². The van der Waals surface area contributed by atoms with Crippen molar-refractivity contribution in [2.24, 2.45) is 0 Å². The molecule has 0 unspecified atom stereocenters. The molecule has 0 atom stereocenters. The van der Waals surface area contributed by atoms with E-state index in [0.29, 0.717) is 22.0 Å². The molecule has 0 saturated carbocycles. The fourth-order valence-corrected chi connectivity index (χ4v) is 3.68. The van der Waals surface area contributed by atoms with Gasteiger partial charge in [0.15, 0.2) is 5.78 Å². The van der Waals surface area contributed by atoms with Crippen LogP contribution in [0.3, 0.4) is 0 Å². The highest BCUT2D eigenvalue weighted by atomic mass is 127. The highest BCUT2D eigenvalue weighted by molar-refractivity contribution is 14.1. The number of Topliss-reactive ketones (excluding diaryl/α,β-unsaturated/α-hetero) is 1. The van der Waals surface area contributed by atoms with Gasteiger partial charge < -0.3 is 5.32 Å². The third-order valence-corrected chi connectivity index (χ3v) is 5.16. The summed E-state index contributed by atoms with van der Waals surface area (Å²) in [6.45, 7) is 5.16. The van der Waals surface area contributed by atoms with Crippen molar-refractivity contribution in [1.82, 2.24) is 5.48 Å². The van der Waals surface area contributed by atoms with Gasteiger partial charge in [0.2, 0.25) is 0 Å². The number of hydrogen-bond acceptors (Lipinski definition) is 5. The second-order valence-electron chi connectivity index (χ2n) is 4.93. The summed E-state index contributed by atoms with van der Waals surface area (Å²) in [7, 11) is 0. The van der Waals surface area contributed by atoms with Gasteiger partial charge in [0, 0.05) is 3.57 Å². The van der Waals surface area contributed by atoms with Crippen molar-refractivity contribution in [3.63, 3.8) is 0 Å². The molecule has 1 aromatic carbocycles. The lowest BCUT2D eigenvalue weighted by Crippen LogP contribution is -2.24. The zero-order valence-corrected chi connectivity index (χ0v) is 16.3. The molecule has 0 aliphatic rings.